The maximum absolute atomic E-state index is 14.7. The molecule has 0 aromatic carbocycles. The number of aryl methyl sites for hydroxylation is 1. The smallest absolute Gasteiger partial charge is 0.147 e. The lowest BCUT2D eigenvalue weighted by molar-refractivity contribution is 0.0195. The number of rotatable bonds is 7. The quantitative estimate of drug-likeness (QED) is 0.445. The van der Waals surface area contributed by atoms with Crippen molar-refractivity contribution in [2.75, 3.05) is 48.6 Å². The number of fused-ring (bicyclic) bond motifs is 1. The van der Waals surface area contributed by atoms with Crippen LogP contribution < -0.4 is 9.80 Å². The van der Waals surface area contributed by atoms with E-state index in [0.717, 1.165) is 39.6 Å². The van der Waals surface area contributed by atoms with Crippen LogP contribution in [-0.4, -0.2) is 85.2 Å². The molecule has 0 N–H and O–H groups in total. The monoisotopic (exact) mass is 544 g/mol. The first-order chi connectivity index (χ1) is 17.9. The predicted octanol–water partition coefficient (Wildman–Crippen LogP) is 3.68. The molecule has 0 bridgehead atoms. The van der Waals surface area contributed by atoms with Crippen LogP contribution in [0.5, 0.6) is 0 Å². The molecular weight excluding hydrogens is 507 g/mol. The molecule has 206 valence electrons. The fourth-order valence-electron chi connectivity index (χ4n) is 5.55. The van der Waals surface area contributed by atoms with Gasteiger partial charge >= 0.3 is 0 Å². The van der Waals surface area contributed by atoms with E-state index in [0.29, 0.717) is 19.5 Å². The fourth-order valence-corrected chi connectivity index (χ4v) is 6.71. The van der Waals surface area contributed by atoms with Crippen molar-refractivity contribution in [2.24, 2.45) is 5.92 Å². The molecule has 2 aliphatic heterocycles. The summed E-state index contributed by atoms with van der Waals surface area (Å²) in [5, 5.41) is 5.66. The molecule has 11 heteroatoms. The highest BCUT2D eigenvalue weighted by atomic mass is 32.2. The van der Waals surface area contributed by atoms with Gasteiger partial charge in [0.05, 0.1) is 41.5 Å². The number of alkyl halides is 1. The topological polar surface area (TPSA) is 93.5 Å². The molecule has 0 amide bonds. The molecule has 38 heavy (non-hydrogen) atoms. The lowest BCUT2D eigenvalue weighted by Gasteiger charge is -2.47. The zero-order valence-electron chi connectivity index (χ0n) is 22.9. The Bertz CT molecular complexity index is 1440. The molecule has 2 aliphatic rings. The summed E-state index contributed by atoms with van der Waals surface area (Å²) in [4.78, 5) is 13.8. The van der Waals surface area contributed by atoms with E-state index in [1.165, 1.54) is 6.26 Å². The Morgan fingerprint density at radius 2 is 1.92 bits per heavy atom. The number of hydrogen-bond donors (Lipinski definition) is 0. The molecule has 0 spiro atoms. The number of aromatic nitrogens is 4. The number of pyridine rings is 2. The Kier molecular flexibility index (Phi) is 7.10. The third-order valence-corrected chi connectivity index (χ3v) is 8.96. The summed E-state index contributed by atoms with van der Waals surface area (Å²) in [5.41, 5.74) is 3.56. The third-order valence-electron chi connectivity index (χ3n) is 7.92. The fraction of sp³-hybridized carbons (Fsp3) is 0.593. The number of hydrogen-bond acceptors (Lipinski definition) is 8. The van der Waals surface area contributed by atoms with Gasteiger partial charge in [-0.05, 0) is 32.3 Å². The SMILES string of the molecule is CO[C@@H]1CCN(c2cc3c(cnn3-c3cc(C(C)C)nc(N4C[C@H](CS(C)(=O)=O)[C@H]4C)c3)c(C)n2)C[C@@H]1F. The molecule has 2 fully saturated rings. The van der Waals surface area contributed by atoms with Crippen LogP contribution in [0.25, 0.3) is 16.6 Å². The lowest BCUT2D eigenvalue weighted by atomic mass is 9.91. The largest absolute Gasteiger partial charge is 0.378 e. The number of halogens is 1. The predicted molar refractivity (Wildman–Crippen MR) is 148 cm³/mol. The molecule has 5 rings (SSSR count). The van der Waals surface area contributed by atoms with Crippen LogP contribution in [0.1, 0.15) is 44.5 Å². The van der Waals surface area contributed by atoms with Crippen LogP contribution in [0.2, 0.25) is 0 Å². The Labute approximate surface area is 223 Å². The molecule has 4 atom stereocenters. The summed E-state index contributed by atoms with van der Waals surface area (Å²) in [6.07, 6.45) is 2.26. The molecule has 0 saturated carbocycles. The summed E-state index contributed by atoms with van der Waals surface area (Å²) in [7, 11) is -1.48. The lowest BCUT2D eigenvalue weighted by Crippen LogP contribution is -2.57. The van der Waals surface area contributed by atoms with Crippen molar-refractivity contribution in [3.05, 3.63) is 35.8 Å². The molecule has 0 aliphatic carbocycles. The van der Waals surface area contributed by atoms with E-state index in [1.54, 1.807) is 7.11 Å². The first-order valence-electron chi connectivity index (χ1n) is 13.2. The van der Waals surface area contributed by atoms with Gasteiger partial charge in [0, 0.05) is 61.6 Å². The average molecular weight is 545 g/mol. The summed E-state index contributed by atoms with van der Waals surface area (Å²) in [5.74, 6) is 2.01. The van der Waals surface area contributed by atoms with Crippen molar-refractivity contribution >= 4 is 32.4 Å². The molecule has 0 radical (unpaired) electrons. The van der Waals surface area contributed by atoms with Gasteiger partial charge in [0.2, 0.25) is 0 Å². The normalized spacial score (nSPS) is 24.3. The highest BCUT2D eigenvalue weighted by Gasteiger charge is 2.38. The second-order valence-electron chi connectivity index (χ2n) is 11.1. The summed E-state index contributed by atoms with van der Waals surface area (Å²) < 4.78 is 45.5. The van der Waals surface area contributed by atoms with Crippen molar-refractivity contribution in [1.82, 2.24) is 19.7 Å². The third kappa shape index (κ3) is 5.10. The van der Waals surface area contributed by atoms with Crippen molar-refractivity contribution in [3.8, 4) is 5.69 Å². The Morgan fingerprint density at radius 1 is 1.16 bits per heavy atom. The van der Waals surface area contributed by atoms with Crippen LogP contribution in [-0.2, 0) is 14.6 Å². The first kappa shape index (κ1) is 26.8. The minimum atomic E-state index is -3.04. The van der Waals surface area contributed by atoms with Gasteiger partial charge in [-0.2, -0.15) is 5.10 Å². The van der Waals surface area contributed by atoms with E-state index in [2.05, 4.69) is 31.7 Å². The van der Waals surface area contributed by atoms with Gasteiger partial charge in [-0.1, -0.05) is 13.8 Å². The second kappa shape index (κ2) is 10.1. The highest BCUT2D eigenvalue weighted by Crippen LogP contribution is 2.34. The van der Waals surface area contributed by atoms with E-state index in [1.807, 2.05) is 34.8 Å². The van der Waals surface area contributed by atoms with Gasteiger partial charge in [0.25, 0.3) is 0 Å². The molecule has 9 nitrogen and oxygen atoms in total. The number of piperidine rings is 1. The molecule has 3 aromatic rings. The average Bonchev–Trinajstić information content (AvgIpc) is 3.30. The number of anilines is 2. The molecular formula is C27H37FN6O3S. The van der Waals surface area contributed by atoms with Crippen LogP contribution in [0.3, 0.4) is 0 Å². The molecule has 5 heterocycles. The molecule has 3 aromatic heterocycles. The van der Waals surface area contributed by atoms with Crippen molar-refractivity contribution in [3.63, 3.8) is 0 Å². The molecule has 2 saturated heterocycles. The Hall–Kier alpha value is -2.79. The zero-order valence-corrected chi connectivity index (χ0v) is 23.7. The van der Waals surface area contributed by atoms with Crippen molar-refractivity contribution in [1.29, 1.82) is 0 Å². The highest BCUT2D eigenvalue weighted by molar-refractivity contribution is 7.90. The van der Waals surface area contributed by atoms with Gasteiger partial charge in [-0.15, -0.1) is 0 Å². The summed E-state index contributed by atoms with van der Waals surface area (Å²) in [6.45, 7) is 9.77. The van der Waals surface area contributed by atoms with Gasteiger partial charge in [0.15, 0.2) is 0 Å². The Balaban J connectivity index is 1.51. The van der Waals surface area contributed by atoms with Gasteiger partial charge in [-0.25, -0.2) is 27.5 Å². The number of sulfone groups is 1. The summed E-state index contributed by atoms with van der Waals surface area (Å²) >= 11 is 0. The first-order valence-corrected chi connectivity index (χ1v) is 15.2. The minimum Gasteiger partial charge on any atom is -0.378 e. The van der Waals surface area contributed by atoms with Crippen molar-refractivity contribution in [2.45, 2.75) is 58.4 Å². The van der Waals surface area contributed by atoms with Gasteiger partial charge in [-0.3, -0.25) is 0 Å². The van der Waals surface area contributed by atoms with E-state index >= 15 is 0 Å². The maximum Gasteiger partial charge on any atom is 0.147 e. The van der Waals surface area contributed by atoms with Gasteiger partial charge in [0.1, 0.15) is 27.6 Å². The van der Waals surface area contributed by atoms with E-state index in [9.17, 15) is 12.8 Å². The number of nitrogens with zero attached hydrogens (tertiary/aromatic N) is 6. The van der Waals surface area contributed by atoms with Gasteiger partial charge < -0.3 is 14.5 Å². The number of methoxy groups -OCH3 is 1. The van der Waals surface area contributed by atoms with Crippen molar-refractivity contribution < 1.29 is 17.5 Å². The number of ether oxygens (including phenoxy) is 1. The standard InChI is InChI=1S/C27H37FN6O3S/c1-16(2)23-9-20(10-27(31-23)33-13-19(18(33)4)15-38(6,35)36)34-24-11-26(30-17(3)21(24)12-29-34)32-8-7-25(37-5)22(28)14-32/h9-12,16,18-19,22,25H,7-8,13-15H2,1-6H3/t18-,19-,22+,25-/m1/s1. The van der Waals surface area contributed by atoms with Crippen LogP contribution in [0.4, 0.5) is 16.0 Å². The van der Waals surface area contributed by atoms with Crippen LogP contribution in [0, 0.1) is 12.8 Å². The Morgan fingerprint density at radius 3 is 2.55 bits per heavy atom. The summed E-state index contributed by atoms with van der Waals surface area (Å²) in [6, 6.07) is 6.13. The minimum absolute atomic E-state index is 0.0728. The van der Waals surface area contributed by atoms with Crippen LogP contribution in [0.15, 0.2) is 24.4 Å². The van der Waals surface area contributed by atoms with E-state index in [4.69, 9.17) is 19.8 Å². The zero-order chi connectivity index (χ0) is 27.4. The van der Waals surface area contributed by atoms with Crippen LogP contribution >= 0.6 is 0 Å². The molecule has 0 unspecified atom stereocenters. The van der Waals surface area contributed by atoms with E-state index < -0.39 is 16.0 Å². The van der Waals surface area contributed by atoms with E-state index in [-0.39, 0.29) is 36.3 Å². The maximum atomic E-state index is 14.7. The second-order valence-corrected chi connectivity index (χ2v) is 13.3.